The minimum atomic E-state index is -0.149. The Kier molecular flexibility index (Phi) is 5.88. The molecule has 1 fully saturated rings. The van der Waals surface area contributed by atoms with Crippen LogP contribution in [0.15, 0.2) is 24.3 Å². The molecular formula is C18H28N2O3. The Morgan fingerprint density at radius 1 is 1.35 bits per heavy atom. The van der Waals surface area contributed by atoms with Gasteiger partial charge in [0, 0.05) is 13.2 Å². The fourth-order valence-electron chi connectivity index (χ4n) is 2.62. The van der Waals surface area contributed by atoms with Gasteiger partial charge in [-0.05, 0) is 48.3 Å². The number of urea groups is 1. The van der Waals surface area contributed by atoms with E-state index < -0.39 is 0 Å². The van der Waals surface area contributed by atoms with E-state index in [2.05, 4.69) is 10.6 Å². The molecule has 1 aromatic carbocycles. The lowest BCUT2D eigenvalue weighted by Gasteiger charge is -2.25. The third kappa shape index (κ3) is 5.43. The topological polar surface area (TPSA) is 70.6 Å². The van der Waals surface area contributed by atoms with Crippen molar-refractivity contribution >= 4 is 6.03 Å². The maximum Gasteiger partial charge on any atom is 0.315 e. The lowest BCUT2D eigenvalue weighted by atomic mass is 9.90. The normalized spacial score (nSPS) is 15.8. The first kappa shape index (κ1) is 17.6. The van der Waals surface area contributed by atoms with Gasteiger partial charge in [-0.15, -0.1) is 0 Å². The zero-order valence-electron chi connectivity index (χ0n) is 14.3. The maximum atomic E-state index is 12.2. The van der Waals surface area contributed by atoms with Crippen LogP contribution in [0.3, 0.4) is 0 Å². The first-order valence-corrected chi connectivity index (χ1v) is 8.24. The summed E-state index contributed by atoms with van der Waals surface area (Å²) in [7, 11) is 1.65. The molecule has 1 aliphatic carbocycles. The number of methoxy groups -OCH3 is 1. The second-order valence-electron chi connectivity index (χ2n) is 7.05. The molecule has 0 spiro atoms. The highest BCUT2D eigenvalue weighted by Crippen LogP contribution is 2.41. The maximum absolute atomic E-state index is 12.2. The Labute approximate surface area is 138 Å². The van der Waals surface area contributed by atoms with Crippen LogP contribution in [0.5, 0.6) is 5.75 Å². The number of carbonyl (C=O) groups excluding carboxylic acids is 1. The van der Waals surface area contributed by atoms with E-state index in [1.54, 1.807) is 7.11 Å². The zero-order chi connectivity index (χ0) is 16.9. The number of aliphatic hydroxyl groups excluding tert-OH is 1. The van der Waals surface area contributed by atoms with Gasteiger partial charge in [-0.1, -0.05) is 26.0 Å². The zero-order valence-corrected chi connectivity index (χ0v) is 14.3. The van der Waals surface area contributed by atoms with E-state index in [0.29, 0.717) is 18.9 Å². The molecule has 1 aliphatic rings. The van der Waals surface area contributed by atoms with Crippen molar-refractivity contribution in [2.45, 2.75) is 39.2 Å². The third-order valence-corrected chi connectivity index (χ3v) is 4.37. The molecule has 0 heterocycles. The molecular weight excluding hydrogens is 292 g/mol. The van der Waals surface area contributed by atoms with Crippen molar-refractivity contribution in [1.82, 2.24) is 10.6 Å². The van der Waals surface area contributed by atoms with Gasteiger partial charge in [0.05, 0.1) is 13.2 Å². The highest BCUT2D eigenvalue weighted by molar-refractivity contribution is 5.74. The number of ether oxygens (including phenoxy) is 1. The van der Waals surface area contributed by atoms with E-state index in [-0.39, 0.29) is 24.1 Å². The van der Waals surface area contributed by atoms with Crippen molar-refractivity contribution in [3.63, 3.8) is 0 Å². The first-order valence-electron chi connectivity index (χ1n) is 8.24. The third-order valence-electron chi connectivity index (χ3n) is 4.37. The molecule has 3 N–H and O–H groups in total. The average molecular weight is 320 g/mol. The van der Waals surface area contributed by atoms with E-state index in [4.69, 9.17) is 9.84 Å². The molecule has 5 nitrogen and oxygen atoms in total. The Hall–Kier alpha value is -1.75. The van der Waals surface area contributed by atoms with E-state index >= 15 is 0 Å². The van der Waals surface area contributed by atoms with E-state index in [1.165, 1.54) is 0 Å². The molecule has 1 saturated carbocycles. The summed E-state index contributed by atoms with van der Waals surface area (Å²) in [5, 5.41) is 15.1. The summed E-state index contributed by atoms with van der Waals surface area (Å²) in [6, 6.07) is 7.77. The highest BCUT2D eigenvalue weighted by atomic mass is 16.5. The van der Waals surface area contributed by atoms with E-state index in [1.807, 2.05) is 38.1 Å². The van der Waals surface area contributed by atoms with Gasteiger partial charge in [0.25, 0.3) is 0 Å². The van der Waals surface area contributed by atoms with Crippen molar-refractivity contribution in [2.24, 2.45) is 11.3 Å². The first-order chi connectivity index (χ1) is 10.9. The Morgan fingerprint density at radius 2 is 2.00 bits per heavy atom. The van der Waals surface area contributed by atoms with Crippen LogP contribution in [0.1, 0.15) is 44.7 Å². The largest absolute Gasteiger partial charge is 0.497 e. The van der Waals surface area contributed by atoms with Gasteiger partial charge in [-0.2, -0.15) is 0 Å². The number of carbonyl (C=O) groups is 1. The predicted octanol–water partition coefficient (Wildman–Crippen LogP) is 2.85. The number of hydrogen-bond donors (Lipinski definition) is 3. The van der Waals surface area contributed by atoms with Crippen molar-refractivity contribution in [3.05, 3.63) is 29.8 Å². The molecule has 0 bridgehead atoms. The summed E-state index contributed by atoms with van der Waals surface area (Å²) >= 11 is 0. The summed E-state index contributed by atoms with van der Waals surface area (Å²) in [5.74, 6) is 1.33. The summed E-state index contributed by atoms with van der Waals surface area (Å²) < 4.78 is 5.18. The summed E-state index contributed by atoms with van der Waals surface area (Å²) in [6.07, 6.45) is 2.96. The standard InChI is InChI=1S/C18H28N2O3/c1-18(2,10-11-21)12-19-17(22)20-16(13-4-5-13)14-6-8-15(23-3)9-7-14/h6-9,13,16,21H,4-5,10-12H2,1-3H3,(H2,19,20,22). The number of nitrogens with one attached hydrogen (secondary N) is 2. The summed E-state index contributed by atoms with van der Waals surface area (Å²) in [6.45, 7) is 4.74. The number of rotatable bonds is 8. The Bertz CT molecular complexity index is 510. The van der Waals surface area contributed by atoms with Gasteiger partial charge in [0.15, 0.2) is 0 Å². The molecule has 1 aromatic rings. The fraction of sp³-hybridized carbons (Fsp3) is 0.611. The molecule has 0 saturated heterocycles. The van der Waals surface area contributed by atoms with Crippen LogP contribution in [-0.4, -0.2) is 31.4 Å². The predicted molar refractivity (Wildman–Crippen MR) is 90.5 cm³/mol. The van der Waals surface area contributed by atoms with Gasteiger partial charge in [-0.3, -0.25) is 0 Å². The molecule has 2 rings (SSSR count). The number of benzene rings is 1. The highest BCUT2D eigenvalue weighted by Gasteiger charge is 2.33. The van der Waals surface area contributed by atoms with Crippen molar-refractivity contribution in [3.8, 4) is 5.75 Å². The van der Waals surface area contributed by atoms with Crippen LogP contribution in [0.2, 0.25) is 0 Å². The SMILES string of the molecule is COc1ccc(C(NC(=O)NCC(C)(C)CCO)C2CC2)cc1. The lowest BCUT2D eigenvalue weighted by molar-refractivity contribution is 0.199. The molecule has 1 unspecified atom stereocenters. The number of hydrogen-bond acceptors (Lipinski definition) is 3. The van der Waals surface area contributed by atoms with Crippen molar-refractivity contribution < 1.29 is 14.6 Å². The molecule has 2 amide bonds. The Balaban J connectivity index is 1.92. The van der Waals surface area contributed by atoms with Crippen LogP contribution < -0.4 is 15.4 Å². The monoisotopic (exact) mass is 320 g/mol. The lowest BCUT2D eigenvalue weighted by Crippen LogP contribution is -2.42. The van der Waals surface area contributed by atoms with Crippen LogP contribution in [0, 0.1) is 11.3 Å². The summed E-state index contributed by atoms with van der Waals surface area (Å²) in [5.41, 5.74) is 0.999. The Morgan fingerprint density at radius 3 is 2.52 bits per heavy atom. The fourth-order valence-corrected chi connectivity index (χ4v) is 2.62. The van der Waals surface area contributed by atoms with Crippen LogP contribution in [0.25, 0.3) is 0 Å². The molecule has 5 heteroatoms. The van der Waals surface area contributed by atoms with Crippen LogP contribution >= 0.6 is 0 Å². The second kappa shape index (κ2) is 7.68. The average Bonchev–Trinajstić information content (AvgIpc) is 3.36. The molecule has 1 atom stereocenters. The molecule has 0 radical (unpaired) electrons. The summed E-state index contributed by atoms with van der Waals surface area (Å²) in [4.78, 5) is 12.2. The van der Waals surface area contributed by atoms with Crippen molar-refractivity contribution in [2.75, 3.05) is 20.3 Å². The van der Waals surface area contributed by atoms with Crippen LogP contribution in [-0.2, 0) is 0 Å². The quantitative estimate of drug-likeness (QED) is 0.690. The minimum absolute atomic E-state index is 0.0434. The van der Waals surface area contributed by atoms with Gasteiger partial charge in [-0.25, -0.2) is 4.79 Å². The van der Waals surface area contributed by atoms with Gasteiger partial charge in [0.1, 0.15) is 5.75 Å². The van der Waals surface area contributed by atoms with Crippen molar-refractivity contribution in [1.29, 1.82) is 0 Å². The molecule has 128 valence electrons. The second-order valence-corrected chi connectivity index (χ2v) is 7.05. The van der Waals surface area contributed by atoms with Crippen LogP contribution in [0.4, 0.5) is 4.79 Å². The van der Waals surface area contributed by atoms with E-state index in [0.717, 1.165) is 24.2 Å². The smallest absolute Gasteiger partial charge is 0.315 e. The molecule has 23 heavy (non-hydrogen) atoms. The molecule has 0 aromatic heterocycles. The number of aliphatic hydroxyl groups is 1. The number of amides is 2. The molecule has 0 aliphatic heterocycles. The van der Waals surface area contributed by atoms with Gasteiger partial charge < -0.3 is 20.5 Å². The van der Waals surface area contributed by atoms with Gasteiger partial charge in [0.2, 0.25) is 0 Å². The van der Waals surface area contributed by atoms with E-state index in [9.17, 15) is 4.79 Å². The minimum Gasteiger partial charge on any atom is -0.497 e. The van der Waals surface area contributed by atoms with Gasteiger partial charge >= 0.3 is 6.03 Å².